The second-order valence-corrected chi connectivity index (χ2v) is 9.28. The van der Waals surface area contributed by atoms with Crippen molar-refractivity contribution >= 4 is 26.5 Å². The summed E-state index contributed by atoms with van der Waals surface area (Å²) in [5.74, 6) is 0. The number of rotatable bonds is 3. The van der Waals surface area contributed by atoms with Crippen LogP contribution in [0.3, 0.4) is 0 Å². The molecule has 0 saturated carbocycles. The molecule has 2 aliphatic rings. The first-order valence-corrected chi connectivity index (χ1v) is 10.6. The maximum atomic E-state index is 13.4. The van der Waals surface area contributed by atoms with Crippen molar-refractivity contribution in [3.8, 4) is 0 Å². The summed E-state index contributed by atoms with van der Waals surface area (Å²) in [4.78, 5) is 1.56. The van der Waals surface area contributed by atoms with Crippen LogP contribution in [0.5, 0.6) is 0 Å². The lowest BCUT2D eigenvalue weighted by Crippen LogP contribution is -2.38. The van der Waals surface area contributed by atoms with Gasteiger partial charge in [-0.25, -0.2) is 12.4 Å². The number of aliphatic hydroxyl groups is 1. The minimum absolute atomic E-state index is 0.204. The van der Waals surface area contributed by atoms with Gasteiger partial charge in [0.05, 0.1) is 23.1 Å². The summed E-state index contributed by atoms with van der Waals surface area (Å²) in [6.45, 7) is -0.768. The summed E-state index contributed by atoms with van der Waals surface area (Å²) in [6, 6.07) is 11.1. The molecule has 1 N–H and O–H groups in total. The van der Waals surface area contributed by atoms with Gasteiger partial charge in [0.15, 0.2) is 0 Å². The third-order valence-corrected chi connectivity index (χ3v) is 7.48. The number of fused-ring (bicyclic) bond motifs is 2. The van der Waals surface area contributed by atoms with Crippen LogP contribution in [0, 0.1) is 6.92 Å². The molecule has 0 spiro atoms. The molecule has 0 amide bonds. The molecule has 5 nitrogen and oxygen atoms in total. The first-order valence-electron chi connectivity index (χ1n) is 10.7. The fourth-order valence-electron chi connectivity index (χ4n) is 4.36. The van der Waals surface area contributed by atoms with E-state index >= 15 is 0 Å². The summed E-state index contributed by atoms with van der Waals surface area (Å²) < 4.78 is 52.0. The number of aromatic nitrogens is 1. The minimum atomic E-state index is -3.81. The summed E-state index contributed by atoms with van der Waals surface area (Å²) in [5.41, 5.74) is 3.99. The highest BCUT2D eigenvalue weighted by Crippen LogP contribution is 2.43. The molecule has 28 heavy (non-hydrogen) atoms. The third-order valence-electron chi connectivity index (χ3n) is 5.79. The average molecular weight is 398 g/mol. The Bertz CT molecular complexity index is 1320. The molecule has 2 heterocycles. The minimum Gasteiger partial charge on any atom is -0.394 e. The van der Waals surface area contributed by atoms with E-state index in [1.807, 2.05) is 13.0 Å². The van der Waals surface area contributed by atoms with Crippen molar-refractivity contribution in [1.29, 1.82) is 0 Å². The van der Waals surface area contributed by atoms with Crippen LogP contribution in [0.4, 0.5) is 0 Å². The lowest BCUT2D eigenvalue weighted by molar-refractivity contribution is 0.170. The molecule has 144 valence electrons. The van der Waals surface area contributed by atoms with Gasteiger partial charge in [0.25, 0.3) is 10.0 Å². The molecule has 2 aromatic carbocycles. The van der Waals surface area contributed by atoms with E-state index in [1.54, 1.807) is 48.7 Å². The maximum Gasteiger partial charge on any atom is 0.268 e. The Balaban J connectivity index is 1.70. The van der Waals surface area contributed by atoms with Crippen LogP contribution in [-0.2, 0) is 16.4 Å². The maximum absolute atomic E-state index is 13.4. The number of hydrogen-bond donors (Lipinski definition) is 1. The monoisotopic (exact) mass is 397 g/mol. The van der Waals surface area contributed by atoms with E-state index in [0.717, 1.165) is 27.6 Å². The fourth-order valence-corrected chi connectivity index (χ4v) is 5.75. The van der Waals surface area contributed by atoms with E-state index in [2.05, 4.69) is 0 Å². The SMILES string of the molecule is [2H]C([2H])([2H])N1C(CO)C=C2c3cccc4c3c(cn4S(=O)(=O)c3ccc(C)cc3)C[C@H]21. The molecule has 0 bridgehead atoms. The Morgan fingerprint density at radius 1 is 1.21 bits per heavy atom. The lowest BCUT2D eigenvalue weighted by Gasteiger charge is -2.29. The van der Waals surface area contributed by atoms with Gasteiger partial charge in [0.1, 0.15) is 0 Å². The molecule has 6 heteroatoms. The van der Waals surface area contributed by atoms with Gasteiger partial charge in [-0.1, -0.05) is 35.9 Å². The first kappa shape index (κ1) is 14.6. The van der Waals surface area contributed by atoms with Crippen molar-refractivity contribution < 1.29 is 17.6 Å². The number of aryl methyl sites for hydroxylation is 1. The van der Waals surface area contributed by atoms with E-state index in [-0.39, 0.29) is 11.5 Å². The molecule has 5 rings (SSSR count). The van der Waals surface area contributed by atoms with E-state index in [0.29, 0.717) is 11.9 Å². The van der Waals surface area contributed by atoms with Gasteiger partial charge in [-0.05, 0) is 55.2 Å². The van der Waals surface area contributed by atoms with E-state index < -0.39 is 29.1 Å². The summed E-state index contributed by atoms with van der Waals surface area (Å²) in [5, 5.41) is 10.6. The number of aliphatic hydroxyl groups excluding tert-OH is 1. The van der Waals surface area contributed by atoms with E-state index in [9.17, 15) is 13.5 Å². The number of nitrogens with zero attached hydrogens (tertiary/aromatic N) is 2. The molecule has 0 saturated heterocycles. The topological polar surface area (TPSA) is 62.5 Å². The van der Waals surface area contributed by atoms with Crippen LogP contribution in [-0.4, -0.2) is 48.1 Å². The smallest absolute Gasteiger partial charge is 0.268 e. The van der Waals surface area contributed by atoms with Crippen molar-refractivity contribution in [1.82, 2.24) is 8.87 Å². The highest BCUT2D eigenvalue weighted by molar-refractivity contribution is 7.90. The molecule has 1 unspecified atom stereocenters. The molecule has 1 aliphatic carbocycles. The molecule has 0 radical (unpaired) electrons. The molecule has 2 atom stereocenters. The van der Waals surface area contributed by atoms with Gasteiger partial charge >= 0.3 is 0 Å². The summed E-state index contributed by atoms with van der Waals surface area (Å²) >= 11 is 0. The average Bonchev–Trinajstić information content (AvgIpc) is 3.28. The van der Waals surface area contributed by atoms with E-state index in [4.69, 9.17) is 4.11 Å². The van der Waals surface area contributed by atoms with Crippen LogP contribution in [0.1, 0.15) is 20.8 Å². The zero-order chi connectivity index (χ0) is 22.1. The second-order valence-electron chi connectivity index (χ2n) is 7.47. The predicted octanol–water partition coefficient (Wildman–Crippen LogP) is 2.80. The van der Waals surface area contributed by atoms with Crippen LogP contribution in [0.25, 0.3) is 16.5 Å². The number of hydrogen-bond acceptors (Lipinski definition) is 4. The van der Waals surface area contributed by atoms with Crippen molar-refractivity contribution in [2.24, 2.45) is 0 Å². The second kappa shape index (κ2) is 6.04. The summed E-state index contributed by atoms with van der Waals surface area (Å²) in [6.07, 6.45) is 3.79. The Labute approximate surface area is 168 Å². The van der Waals surface area contributed by atoms with Crippen molar-refractivity contribution in [2.45, 2.75) is 30.3 Å². The molecule has 0 fully saturated rings. The van der Waals surface area contributed by atoms with Crippen molar-refractivity contribution in [3.63, 3.8) is 0 Å². The van der Waals surface area contributed by atoms with E-state index in [1.165, 1.54) is 8.87 Å². The van der Waals surface area contributed by atoms with Gasteiger partial charge in [0.2, 0.25) is 0 Å². The Kier molecular flexibility index (Phi) is 3.14. The zero-order valence-corrected chi connectivity index (χ0v) is 16.1. The van der Waals surface area contributed by atoms with Gasteiger partial charge < -0.3 is 5.11 Å². The quantitative estimate of drug-likeness (QED) is 0.738. The first-order chi connectivity index (χ1) is 14.6. The van der Waals surface area contributed by atoms with Crippen LogP contribution >= 0.6 is 0 Å². The normalized spacial score (nSPS) is 23.8. The number of likely N-dealkylation sites (N-methyl/N-ethyl adjacent to an activating group) is 1. The van der Waals surface area contributed by atoms with Crippen LogP contribution in [0.15, 0.2) is 59.6 Å². The molecule has 1 aliphatic heterocycles. The Morgan fingerprint density at radius 3 is 2.71 bits per heavy atom. The molecular weight excluding hydrogens is 372 g/mol. The van der Waals surface area contributed by atoms with Crippen LogP contribution in [0.2, 0.25) is 0 Å². The van der Waals surface area contributed by atoms with Crippen LogP contribution < -0.4 is 0 Å². The highest BCUT2D eigenvalue weighted by Gasteiger charge is 2.37. The Hall–Kier alpha value is -2.41. The largest absolute Gasteiger partial charge is 0.394 e. The lowest BCUT2D eigenvalue weighted by atomic mass is 9.86. The molecular formula is C22H22N2O3S. The molecule has 3 aromatic rings. The Morgan fingerprint density at radius 2 is 2.00 bits per heavy atom. The zero-order valence-electron chi connectivity index (χ0n) is 18.3. The number of benzene rings is 2. The third kappa shape index (κ3) is 2.35. The van der Waals surface area contributed by atoms with Gasteiger partial charge in [-0.15, -0.1) is 0 Å². The summed E-state index contributed by atoms with van der Waals surface area (Å²) in [7, 11) is -3.81. The van der Waals surface area contributed by atoms with Gasteiger partial charge in [-0.3, -0.25) is 4.90 Å². The molecule has 1 aromatic heterocycles. The van der Waals surface area contributed by atoms with Gasteiger partial charge in [0, 0.05) is 21.7 Å². The van der Waals surface area contributed by atoms with Gasteiger partial charge in [-0.2, -0.15) is 0 Å². The highest BCUT2D eigenvalue weighted by atomic mass is 32.2. The fraction of sp³-hybridized carbons (Fsp3) is 0.273. The van der Waals surface area contributed by atoms with Crippen molar-refractivity contribution in [3.05, 3.63) is 71.4 Å². The predicted molar refractivity (Wildman–Crippen MR) is 110 cm³/mol. The van der Waals surface area contributed by atoms with Crippen molar-refractivity contribution in [2.75, 3.05) is 13.6 Å². The standard InChI is InChI=1S/C22H22N2O3S/c1-14-6-8-17(9-7-14)28(26,27)24-12-15-10-21-19(11-16(13-25)23(21)2)18-4-3-5-20(24)22(15)18/h3-9,11-12,16,21,25H,10,13H2,1-2H3/t16?,21-/m1/s1/i2D3.